The molecule has 1 rings (SSSR count). The van der Waals surface area contributed by atoms with Crippen LogP contribution in [0.15, 0.2) is 12.1 Å². The molecule has 0 aliphatic heterocycles. The van der Waals surface area contributed by atoms with Crippen molar-refractivity contribution in [2.45, 2.75) is 20.0 Å². The van der Waals surface area contributed by atoms with Gasteiger partial charge in [-0.25, -0.2) is 4.39 Å². The summed E-state index contributed by atoms with van der Waals surface area (Å²) in [6.07, 6.45) is 0.176. The largest absolute Gasteiger partial charge is 0.432 e. The molecule has 5 nitrogen and oxygen atoms in total. The fourth-order valence-electron chi connectivity index (χ4n) is 1.50. The van der Waals surface area contributed by atoms with E-state index in [2.05, 4.69) is 15.4 Å². The number of rotatable bonds is 7. The first-order valence-electron chi connectivity index (χ1n) is 5.98. The summed E-state index contributed by atoms with van der Waals surface area (Å²) >= 11 is 0. The number of amides is 1. The van der Waals surface area contributed by atoms with Gasteiger partial charge in [0, 0.05) is 31.6 Å². The Hall–Kier alpha value is -2.12. The van der Waals surface area contributed by atoms with Gasteiger partial charge in [0.15, 0.2) is 11.6 Å². The number of carbonyl (C=O) groups excluding carboxylic acids is 1. The molecule has 0 atom stereocenters. The van der Waals surface area contributed by atoms with E-state index < -0.39 is 18.2 Å². The van der Waals surface area contributed by atoms with E-state index in [9.17, 15) is 18.0 Å². The minimum atomic E-state index is -3.13. The molecule has 0 fully saturated rings. The van der Waals surface area contributed by atoms with E-state index >= 15 is 0 Å². The average molecular weight is 291 g/mol. The Morgan fingerprint density at radius 1 is 1.45 bits per heavy atom. The summed E-state index contributed by atoms with van der Waals surface area (Å²) < 4.78 is 41.5. The van der Waals surface area contributed by atoms with Crippen LogP contribution in [0, 0.1) is 5.82 Å². The van der Waals surface area contributed by atoms with Gasteiger partial charge in [0.2, 0.25) is 5.91 Å². The summed E-state index contributed by atoms with van der Waals surface area (Å²) in [6.45, 7) is -0.590. The smallest absolute Gasteiger partial charge is 0.387 e. The van der Waals surface area contributed by atoms with Crippen LogP contribution in [0.5, 0.6) is 5.75 Å². The molecule has 8 heteroatoms. The molecule has 0 unspecified atom stereocenters. The maximum absolute atomic E-state index is 13.3. The first-order valence-corrected chi connectivity index (χ1v) is 5.98. The number of nitrogens with one attached hydrogen (secondary N) is 2. The second-order valence-electron chi connectivity index (χ2n) is 3.88. The molecule has 0 aliphatic rings. The molecule has 4 N–H and O–H groups in total. The lowest BCUT2D eigenvalue weighted by atomic mass is 10.2. The number of ether oxygens (including phenoxy) is 1. The van der Waals surface area contributed by atoms with E-state index in [0.29, 0.717) is 6.54 Å². The van der Waals surface area contributed by atoms with Crippen molar-refractivity contribution in [3.05, 3.63) is 17.9 Å². The number of halogens is 3. The lowest BCUT2D eigenvalue weighted by molar-refractivity contribution is -0.120. The molecule has 0 aliphatic carbocycles. The van der Waals surface area contributed by atoms with Crippen molar-refractivity contribution in [3.8, 4) is 5.75 Å². The van der Waals surface area contributed by atoms with Crippen LogP contribution >= 0.6 is 0 Å². The number of nitrogen functional groups attached to an aromatic ring is 1. The maximum atomic E-state index is 13.3. The number of alkyl halides is 2. The van der Waals surface area contributed by atoms with Crippen molar-refractivity contribution < 1.29 is 22.7 Å². The van der Waals surface area contributed by atoms with Crippen molar-refractivity contribution >= 4 is 17.3 Å². The van der Waals surface area contributed by atoms with Crippen LogP contribution in [0.2, 0.25) is 0 Å². The number of hydrogen-bond acceptors (Lipinski definition) is 4. The zero-order valence-corrected chi connectivity index (χ0v) is 10.9. The number of benzene rings is 1. The predicted molar refractivity (Wildman–Crippen MR) is 69.2 cm³/mol. The number of anilines is 2. The SMILES string of the molecule is CCNC(=O)CCNc1cc(OC(F)F)c(F)cc1N. The Labute approximate surface area is 114 Å². The van der Waals surface area contributed by atoms with Crippen LogP contribution in [-0.4, -0.2) is 25.6 Å². The quantitative estimate of drug-likeness (QED) is 0.671. The molecular formula is C12H16F3N3O2. The van der Waals surface area contributed by atoms with Gasteiger partial charge >= 0.3 is 6.61 Å². The highest BCUT2D eigenvalue weighted by Gasteiger charge is 2.13. The summed E-state index contributed by atoms with van der Waals surface area (Å²) in [6, 6.07) is 1.92. The van der Waals surface area contributed by atoms with Crippen LogP contribution in [-0.2, 0) is 4.79 Å². The minimum Gasteiger partial charge on any atom is -0.432 e. The lowest BCUT2D eigenvalue weighted by Crippen LogP contribution is -2.24. The van der Waals surface area contributed by atoms with Gasteiger partial charge in [0.05, 0.1) is 11.4 Å². The zero-order chi connectivity index (χ0) is 15.1. The van der Waals surface area contributed by atoms with Crippen LogP contribution in [0.3, 0.4) is 0 Å². The minimum absolute atomic E-state index is 0.0417. The van der Waals surface area contributed by atoms with E-state index in [0.717, 1.165) is 12.1 Å². The molecule has 0 saturated heterocycles. The van der Waals surface area contributed by atoms with Crippen LogP contribution in [0.1, 0.15) is 13.3 Å². The van der Waals surface area contributed by atoms with Gasteiger partial charge in [-0.05, 0) is 6.92 Å². The van der Waals surface area contributed by atoms with Gasteiger partial charge < -0.3 is 21.1 Å². The van der Waals surface area contributed by atoms with Crippen molar-refractivity contribution in [1.82, 2.24) is 5.32 Å². The Morgan fingerprint density at radius 3 is 2.75 bits per heavy atom. The number of carbonyl (C=O) groups is 1. The van der Waals surface area contributed by atoms with E-state index in [4.69, 9.17) is 5.73 Å². The highest BCUT2D eigenvalue weighted by atomic mass is 19.3. The van der Waals surface area contributed by atoms with Gasteiger partial charge in [-0.2, -0.15) is 8.78 Å². The summed E-state index contributed by atoms with van der Waals surface area (Å²) in [4.78, 5) is 11.2. The molecule has 112 valence electrons. The van der Waals surface area contributed by atoms with E-state index in [-0.39, 0.29) is 30.2 Å². The summed E-state index contributed by atoms with van der Waals surface area (Å²) in [5, 5.41) is 5.36. The third-order valence-electron chi connectivity index (χ3n) is 2.36. The topological polar surface area (TPSA) is 76.4 Å². The maximum Gasteiger partial charge on any atom is 0.387 e. The molecule has 20 heavy (non-hydrogen) atoms. The molecule has 1 aromatic rings. The molecular weight excluding hydrogens is 275 g/mol. The normalized spacial score (nSPS) is 10.4. The lowest BCUT2D eigenvalue weighted by Gasteiger charge is -2.12. The number of nitrogens with two attached hydrogens (primary N) is 1. The second kappa shape index (κ2) is 7.46. The monoisotopic (exact) mass is 291 g/mol. The molecule has 1 aromatic carbocycles. The molecule has 0 spiro atoms. The second-order valence-corrected chi connectivity index (χ2v) is 3.88. The first-order chi connectivity index (χ1) is 9.43. The molecule has 0 aromatic heterocycles. The predicted octanol–water partition coefficient (Wildman–Crippen LogP) is 1.95. The van der Waals surface area contributed by atoms with Gasteiger partial charge in [-0.15, -0.1) is 0 Å². The Bertz CT molecular complexity index is 470. The highest BCUT2D eigenvalue weighted by molar-refractivity contribution is 5.77. The molecule has 0 heterocycles. The Morgan fingerprint density at radius 2 is 2.15 bits per heavy atom. The average Bonchev–Trinajstić information content (AvgIpc) is 2.34. The highest BCUT2D eigenvalue weighted by Crippen LogP contribution is 2.29. The molecule has 0 radical (unpaired) electrons. The fourth-order valence-corrected chi connectivity index (χ4v) is 1.50. The molecule has 1 amide bonds. The van der Waals surface area contributed by atoms with E-state index in [1.54, 1.807) is 6.92 Å². The van der Waals surface area contributed by atoms with Gasteiger partial charge in [0.1, 0.15) is 0 Å². The fraction of sp³-hybridized carbons (Fsp3) is 0.417. The molecule has 0 bridgehead atoms. The Balaban J connectivity index is 2.67. The Kier molecular flexibility index (Phi) is 5.95. The van der Waals surface area contributed by atoms with Gasteiger partial charge in [-0.3, -0.25) is 4.79 Å². The van der Waals surface area contributed by atoms with E-state index in [1.165, 1.54) is 0 Å². The first kappa shape index (κ1) is 15.9. The van der Waals surface area contributed by atoms with Crippen molar-refractivity contribution in [1.29, 1.82) is 0 Å². The van der Waals surface area contributed by atoms with Gasteiger partial charge in [-0.1, -0.05) is 0 Å². The van der Waals surface area contributed by atoms with Crippen LogP contribution < -0.4 is 21.1 Å². The summed E-state index contributed by atoms with van der Waals surface area (Å²) in [5.41, 5.74) is 5.82. The van der Waals surface area contributed by atoms with Crippen molar-refractivity contribution in [2.75, 3.05) is 24.1 Å². The summed E-state index contributed by atoms with van der Waals surface area (Å²) in [7, 11) is 0. The van der Waals surface area contributed by atoms with Crippen LogP contribution in [0.25, 0.3) is 0 Å². The number of hydrogen-bond donors (Lipinski definition) is 3. The van der Waals surface area contributed by atoms with Gasteiger partial charge in [0.25, 0.3) is 0 Å². The van der Waals surface area contributed by atoms with E-state index in [1.807, 2.05) is 0 Å². The third-order valence-corrected chi connectivity index (χ3v) is 2.36. The zero-order valence-electron chi connectivity index (χ0n) is 10.9. The third kappa shape index (κ3) is 4.87. The molecule has 0 saturated carbocycles. The standard InChI is InChI=1S/C12H16F3N3O2/c1-2-17-11(19)3-4-18-9-6-10(20-12(14)15)7(13)5-8(9)16/h5-6,12,18H,2-4,16H2,1H3,(H,17,19). The van der Waals surface area contributed by atoms with Crippen molar-refractivity contribution in [3.63, 3.8) is 0 Å². The van der Waals surface area contributed by atoms with Crippen LogP contribution in [0.4, 0.5) is 24.5 Å². The summed E-state index contributed by atoms with van der Waals surface area (Å²) in [5.74, 6) is -1.74. The van der Waals surface area contributed by atoms with Crippen molar-refractivity contribution in [2.24, 2.45) is 0 Å².